The van der Waals surface area contributed by atoms with Gasteiger partial charge in [0.05, 0.1) is 0 Å². The fourth-order valence-corrected chi connectivity index (χ4v) is 1.75. The van der Waals surface area contributed by atoms with Crippen molar-refractivity contribution in [1.29, 1.82) is 0 Å². The van der Waals surface area contributed by atoms with Gasteiger partial charge in [-0.25, -0.2) is 0 Å². The molecule has 0 aliphatic rings. The molecular formula is C13H17Br. The summed E-state index contributed by atoms with van der Waals surface area (Å²) >= 11 is 3.53. The molecule has 0 spiro atoms. The largest absolute Gasteiger partial charge is 0.0839 e. The van der Waals surface area contributed by atoms with E-state index >= 15 is 0 Å². The molecule has 0 nitrogen and oxygen atoms in total. The van der Waals surface area contributed by atoms with Crippen molar-refractivity contribution in [2.45, 2.75) is 32.6 Å². The van der Waals surface area contributed by atoms with Gasteiger partial charge in [-0.15, -0.1) is 0 Å². The molecule has 76 valence electrons. The Bertz CT molecular complexity index is 289. The van der Waals surface area contributed by atoms with Crippen LogP contribution in [0.25, 0.3) is 6.08 Å². The van der Waals surface area contributed by atoms with E-state index in [1.54, 1.807) is 0 Å². The lowest BCUT2D eigenvalue weighted by atomic mass is 10.1. The fraction of sp³-hybridized carbons (Fsp3) is 0.385. The first-order valence-electron chi connectivity index (χ1n) is 5.25. The lowest BCUT2D eigenvalue weighted by molar-refractivity contribution is 0.730. The molecule has 0 saturated heterocycles. The molecular weight excluding hydrogens is 236 g/mol. The first-order valence-corrected chi connectivity index (χ1v) is 6.05. The van der Waals surface area contributed by atoms with Crippen LogP contribution in [0.1, 0.15) is 38.2 Å². The topological polar surface area (TPSA) is 0 Å². The molecule has 0 aliphatic carbocycles. The maximum atomic E-state index is 3.53. The second-order valence-electron chi connectivity index (χ2n) is 3.42. The Balaban J connectivity index is 2.40. The van der Waals surface area contributed by atoms with Crippen LogP contribution in [0.4, 0.5) is 0 Å². The number of hydrogen-bond donors (Lipinski definition) is 0. The van der Waals surface area contributed by atoms with Gasteiger partial charge >= 0.3 is 0 Å². The number of benzene rings is 1. The van der Waals surface area contributed by atoms with Crippen molar-refractivity contribution < 1.29 is 0 Å². The van der Waals surface area contributed by atoms with Gasteiger partial charge in [0.1, 0.15) is 0 Å². The van der Waals surface area contributed by atoms with E-state index in [1.807, 2.05) is 6.07 Å². The Morgan fingerprint density at radius 3 is 2.71 bits per heavy atom. The summed E-state index contributed by atoms with van der Waals surface area (Å²) in [6.07, 6.45) is 9.57. The molecule has 0 heterocycles. The highest BCUT2D eigenvalue weighted by Crippen LogP contribution is 2.17. The summed E-state index contributed by atoms with van der Waals surface area (Å²) in [5.41, 5.74) is 1.27. The highest BCUT2D eigenvalue weighted by Gasteiger charge is 1.91. The van der Waals surface area contributed by atoms with Gasteiger partial charge in [0.2, 0.25) is 0 Å². The average molecular weight is 253 g/mol. The molecule has 0 bridgehead atoms. The highest BCUT2D eigenvalue weighted by molar-refractivity contribution is 9.10. The Morgan fingerprint density at radius 1 is 1.21 bits per heavy atom. The first kappa shape index (κ1) is 11.5. The second-order valence-corrected chi connectivity index (χ2v) is 4.27. The third kappa shape index (κ3) is 4.10. The standard InChI is InChI=1S/C13H17Br/c1-2-3-4-5-6-9-12-10-7-8-11-13(12)14/h6-11H,2-5H2,1H3/b9-6-. The number of hydrogen-bond acceptors (Lipinski definition) is 0. The minimum Gasteiger partial charge on any atom is -0.0839 e. The Kier molecular flexibility index (Phi) is 5.62. The Hall–Kier alpha value is -0.560. The predicted octanol–water partition coefficient (Wildman–Crippen LogP) is 5.04. The zero-order chi connectivity index (χ0) is 10.2. The lowest BCUT2D eigenvalue weighted by Gasteiger charge is -1.96. The Morgan fingerprint density at radius 2 is 2.00 bits per heavy atom. The van der Waals surface area contributed by atoms with Gasteiger partial charge in [0.25, 0.3) is 0 Å². The highest BCUT2D eigenvalue weighted by atomic mass is 79.9. The van der Waals surface area contributed by atoms with Crippen molar-refractivity contribution in [1.82, 2.24) is 0 Å². The zero-order valence-corrected chi connectivity index (χ0v) is 10.3. The minimum atomic E-state index is 1.17. The lowest BCUT2D eigenvalue weighted by Crippen LogP contribution is -1.74. The summed E-state index contributed by atoms with van der Waals surface area (Å²) < 4.78 is 1.17. The molecule has 0 unspecified atom stereocenters. The van der Waals surface area contributed by atoms with E-state index in [-0.39, 0.29) is 0 Å². The van der Waals surface area contributed by atoms with Crippen LogP contribution in [0, 0.1) is 0 Å². The van der Waals surface area contributed by atoms with Crippen LogP contribution in [-0.4, -0.2) is 0 Å². The van der Waals surface area contributed by atoms with Crippen LogP contribution < -0.4 is 0 Å². The van der Waals surface area contributed by atoms with Crippen molar-refractivity contribution in [2.24, 2.45) is 0 Å². The number of halogens is 1. The molecule has 0 atom stereocenters. The maximum absolute atomic E-state index is 3.53. The molecule has 0 aliphatic heterocycles. The van der Waals surface area contributed by atoms with Crippen LogP contribution in [0.15, 0.2) is 34.8 Å². The Labute approximate surface area is 95.2 Å². The van der Waals surface area contributed by atoms with Gasteiger partial charge < -0.3 is 0 Å². The molecule has 0 aromatic heterocycles. The molecule has 1 heteroatoms. The monoisotopic (exact) mass is 252 g/mol. The summed E-state index contributed by atoms with van der Waals surface area (Å²) in [6, 6.07) is 8.31. The van der Waals surface area contributed by atoms with E-state index in [0.717, 1.165) is 0 Å². The van der Waals surface area contributed by atoms with Gasteiger partial charge in [-0.3, -0.25) is 0 Å². The minimum absolute atomic E-state index is 1.17. The molecule has 0 amide bonds. The fourth-order valence-electron chi connectivity index (χ4n) is 1.33. The predicted molar refractivity (Wildman–Crippen MR) is 67.3 cm³/mol. The maximum Gasteiger partial charge on any atom is 0.0247 e. The van der Waals surface area contributed by atoms with Gasteiger partial charge in [-0.2, -0.15) is 0 Å². The number of allylic oxidation sites excluding steroid dienone is 1. The third-order valence-corrected chi connectivity index (χ3v) is 2.90. The summed E-state index contributed by atoms with van der Waals surface area (Å²) in [4.78, 5) is 0. The van der Waals surface area contributed by atoms with E-state index in [4.69, 9.17) is 0 Å². The van der Waals surface area contributed by atoms with Crippen LogP contribution in [0.2, 0.25) is 0 Å². The van der Waals surface area contributed by atoms with Gasteiger partial charge in [0, 0.05) is 4.47 Å². The van der Waals surface area contributed by atoms with Gasteiger partial charge in [0.15, 0.2) is 0 Å². The normalized spacial score (nSPS) is 11.0. The van der Waals surface area contributed by atoms with Gasteiger partial charge in [-0.05, 0) is 24.5 Å². The summed E-state index contributed by atoms with van der Waals surface area (Å²) in [5.74, 6) is 0. The zero-order valence-electron chi connectivity index (χ0n) is 8.67. The quantitative estimate of drug-likeness (QED) is 0.644. The smallest absolute Gasteiger partial charge is 0.0247 e. The number of unbranched alkanes of at least 4 members (excludes halogenated alkanes) is 3. The van der Waals surface area contributed by atoms with Crippen molar-refractivity contribution in [3.63, 3.8) is 0 Å². The van der Waals surface area contributed by atoms with Crippen LogP contribution in [-0.2, 0) is 0 Å². The number of rotatable bonds is 5. The van der Waals surface area contributed by atoms with E-state index < -0.39 is 0 Å². The van der Waals surface area contributed by atoms with E-state index in [1.165, 1.54) is 35.7 Å². The van der Waals surface area contributed by atoms with Gasteiger partial charge in [-0.1, -0.05) is 66.0 Å². The van der Waals surface area contributed by atoms with E-state index in [0.29, 0.717) is 0 Å². The van der Waals surface area contributed by atoms with Crippen LogP contribution in [0.5, 0.6) is 0 Å². The molecule has 1 rings (SSSR count). The molecule has 0 saturated carbocycles. The summed E-state index contributed by atoms with van der Waals surface area (Å²) in [5, 5.41) is 0. The molecule has 1 aromatic rings. The molecule has 1 aromatic carbocycles. The second kappa shape index (κ2) is 6.83. The average Bonchev–Trinajstić information content (AvgIpc) is 2.20. The summed E-state index contributed by atoms with van der Waals surface area (Å²) in [7, 11) is 0. The van der Waals surface area contributed by atoms with E-state index in [9.17, 15) is 0 Å². The van der Waals surface area contributed by atoms with Crippen LogP contribution >= 0.6 is 15.9 Å². The van der Waals surface area contributed by atoms with Crippen molar-refractivity contribution in [3.8, 4) is 0 Å². The van der Waals surface area contributed by atoms with Crippen molar-refractivity contribution >= 4 is 22.0 Å². The molecule has 0 fully saturated rings. The van der Waals surface area contributed by atoms with Crippen molar-refractivity contribution in [2.75, 3.05) is 0 Å². The molecule has 14 heavy (non-hydrogen) atoms. The van der Waals surface area contributed by atoms with Crippen LogP contribution in [0.3, 0.4) is 0 Å². The SMILES string of the molecule is CCCCC/C=C\c1ccccc1Br. The molecule has 0 N–H and O–H groups in total. The van der Waals surface area contributed by atoms with Crippen molar-refractivity contribution in [3.05, 3.63) is 40.4 Å². The third-order valence-electron chi connectivity index (χ3n) is 2.18. The molecule has 0 radical (unpaired) electrons. The van der Waals surface area contributed by atoms with E-state index in [2.05, 4.69) is 53.2 Å². The first-order chi connectivity index (χ1) is 6.84. The summed E-state index contributed by atoms with van der Waals surface area (Å²) in [6.45, 7) is 2.23.